The summed E-state index contributed by atoms with van der Waals surface area (Å²) in [6.07, 6.45) is 1.80. The van der Waals surface area contributed by atoms with E-state index in [2.05, 4.69) is 15.5 Å². The number of ether oxygens (including phenoxy) is 1. The van der Waals surface area contributed by atoms with E-state index in [1.54, 1.807) is 6.21 Å². The van der Waals surface area contributed by atoms with Gasteiger partial charge >= 0.3 is 0 Å². The van der Waals surface area contributed by atoms with Crippen molar-refractivity contribution in [3.8, 4) is 5.75 Å². The molecule has 0 aromatic heterocycles. The molecule has 1 aliphatic rings. The second-order valence-electron chi connectivity index (χ2n) is 4.65. The third-order valence-corrected chi connectivity index (χ3v) is 3.87. The Morgan fingerprint density at radius 1 is 1.41 bits per heavy atom. The van der Waals surface area contributed by atoms with Gasteiger partial charge in [-0.1, -0.05) is 11.8 Å². The Bertz CT molecular complexity index is 611. The maximum atomic E-state index is 11.6. The zero-order chi connectivity index (χ0) is 15.9. The second kappa shape index (κ2) is 7.74. The molecule has 0 saturated carbocycles. The molecule has 0 radical (unpaired) electrons. The number of ketones is 1. The van der Waals surface area contributed by atoms with Crippen LogP contribution >= 0.6 is 11.8 Å². The van der Waals surface area contributed by atoms with Gasteiger partial charge in [-0.15, -0.1) is 5.10 Å². The Balaban J connectivity index is 1.94. The lowest BCUT2D eigenvalue weighted by molar-refractivity contribution is -0.122. The third kappa shape index (κ3) is 4.70. The van der Waals surface area contributed by atoms with Gasteiger partial charge in [-0.05, 0) is 43.7 Å². The number of hydrogen-bond acceptors (Lipinski definition) is 6. The van der Waals surface area contributed by atoms with E-state index in [1.165, 1.54) is 18.7 Å². The number of benzene rings is 1. The summed E-state index contributed by atoms with van der Waals surface area (Å²) < 4.78 is 5.35. The van der Waals surface area contributed by atoms with Gasteiger partial charge < -0.3 is 10.1 Å². The van der Waals surface area contributed by atoms with Crippen LogP contribution in [0.3, 0.4) is 0 Å². The van der Waals surface area contributed by atoms with E-state index in [0.29, 0.717) is 11.8 Å². The number of amides is 1. The van der Waals surface area contributed by atoms with Crippen molar-refractivity contribution >= 4 is 34.8 Å². The molecule has 22 heavy (non-hydrogen) atoms. The summed E-state index contributed by atoms with van der Waals surface area (Å²) in [6.45, 7) is 4.02. The molecular weight excluding hydrogens is 302 g/mol. The number of thioether (sulfide) groups is 1. The molecule has 1 aliphatic heterocycles. The molecule has 1 aromatic rings. The first kappa shape index (κ1) is 16.2. The molecule has 0 aliphatic carbocycles. The number of amidine groups is 1. The standard InChI is InChI=1S/C15H17N3O3S/c1-3-21-12-6-4-11(5-7-12)9-16-18-15-17-14(20)13(22-15)8-10(2)19/h4-7,9,13H,3,8H2,1-2H3,(H,17,18,20)/b16-9+. The summed E-state index contributed by atoms with van der Waals surface area (Å²) in [5.41, 5.74) is 0.877. The van der Waals surface area contributed by atoms with Gasteiger partial charge in [-0.2, -0.15) is 5.10 Å². The van der Waals surface area contributed by atoms with Crippen molar-refractivity contribution in [2.75, 3.05) is 6.61 Å². The van der Waals surface area contributed by atoms with Crippen LogP contribution in [0.25, 0.3) is 0 Å². The van der Waals surface area contributed by atoms with E-state index in [4.69, 9.17) is 4.74 Å². The maximum Gasteiger partial charge on any atom is 0.240 e. The van der Waals surface area contributed by atoms with Crippen LogP contribution < -0.4 is 10.1 Å². The fourth-order valence-corrected chi connectivity index (χ4v) is 2.82. The maximum absolute atomic E-state index is 11.6. The van der Waals surface area contributed by atoms with Crippen LogP contribution in [0.4, 0.5) is 0 Å². The van der Waals surface area contributed by atoms with E-state index >= 15 is 0 Å². The number of rotatable bonds is 6. The molecule has 1 heterocycles. The molecule has 1 aromatic carbocycles. The second-order valence-corrected chi connectivity index (χ2v) is 5.85. The van der Waals surface area contributed by atoms with Gasteiger partial charge in [0.05, 0.1) is 18.1 Å². The normalized spacial score (nSPS) is 19.6. The highest BCUT2D eigenvalue weighted by molar-refractivity contribution is 8.15. The molecule has 2 rings (SSSR count). The van der Waals surface area contributed by atoms with E-state index in [9.17, 15) is 9.59 Å². The first-order chi connectivity index (χ1) is 10.6. The molecular formula is C15H17N3O3S. The lowest BCUT2D eigenvalue weighted by atomic mass is 10.2. The summed E-state index contributed by atoms with van der Waals surface area (Å²) >= 11 is 1.23. The van der Waals surface area contributed by atoms with Crippen molar-refractivity contribution in [3.63, 3.8) is 0 Å². The lowest BCUT2D eigenvalue weighted by Gasteiger charge is -2.01. The molecule has 116 valence electrons. The minimum Gasteiger partial charge on any atom is -0.494 e. The lowest BCUT2D eigenvalue weighted by Crippen LogP contribution is -2.25. The molecule has 7 heteroatoms. The van der Waals surface area contributed by atoms with Crippen molar-refractivity contribution in [3.05, 3.63) is 29.8 Å². The molecule has 6 nitrogen and oxygen atoms in total. The topological polar surface area (TPSA) is 80.1 Å². The zero-order valence-electron chi connectivity index (χ0n) is 12.4. The van der Waals surface area contributed by atoms with Crippen LogP contribution in [-0.2, 0) is 9.59 Å². The molecule has 0 spiro atoms. The van der Waals surface area contributed by atoms with Crippen molar-refractivity contribution in [2.24, 2.45) is 10.2 Å². The monoisotopic (exact) mass is 319 g/mol. The number of hydrogen-bond donors (Lipinski definition) is 1. The predicted molar refractivity (Wildman–Crippen MR) is 87.5 cm³/mol. The molecule has 1 amide bonds. The highest BCUT2D eigenvalue weighted by Gasteiger charge is 2.31. The summed E-state index contributed by atoms with van der Waals surface area (Å²) in [5.74, 6) is 0.582. The van der Waals surface area contributed by atoms with Crippen molar-refractivity contribution in [2.45, 2.75) is 25.5 Å². The minimum atomic E-state index is -0.406. The minimum absolute atomic E-state index is 0.0215. The smallest absolute Gasteiger partial charge is 0.240 e. The van der Waals surface area contributed by atoms with Gasteiger partial charge in [-0.25, -0.2) is 0 Å². The summed E-state index contributed by atoms with van der Waals surface area (Å²) in [4.78, 5) is 22.7. The summed E-state index contributed by atoms with van der Waals surface area (Å²) in [7, 11) is 0. The zero-order valence-corrected chi connectivity index (χ0v) is 13.2. The largest absolute Gasteiger partial charge is 0.494 e. The van der Waals surface area contributed by atoms with E-state index < -0.39 is 5.25 Å². The van der Waals surface area contributed by atoms with Crippen LogP contribution in [0.1, 0.15) is 25.8 Å². The van der Waals surface area contributed by atoms with E-state index in [1.807, 2.05) is 31.2 Å². The predicted octanol–water partition coefficient (Wildman–Crippen LogP) is 1.99. The van der Waals surface area contributed by atoms with Crippen molar-refractivity contribution in [1.29, 1.82) is 0 Å². The molecule has 1 fully saturated rings. The van der Waals surface area contributed by atoms with Crippen LogP contribution in [-0.4, -0.2) is 34.9 Å². The van der Waals surface area contributed by atoms with Gasteiger partial charge in [0.25, 0.3) is 0 Å². The SMILES string of the molecule is CCOc1ccc(/C=N/N=C2/NC(=O)C(CC(C)=O)S2)cc1. The van der Waals surface area contributed by atoms with E-state index in [0.717, 1.165) is 11.3 Å². The van der Waals surface area contributed by atoms with Crippen LogP contribution in [0.2, 0.25) is 0 Å². The Kier molecular flexibility index (Phi) is 5.71. The molecule has 1 N–H and O–H groups in total. The number of carbonyl (C=O) groups is 2. The fourth-order valence-electron chi connectivity index (χ4n) is 1.81. The van der Waals surface area contributed by atoms with Crippen LogP contribution in [0, 0.1) is 0 Å². The first-order valence-electron chi connectivity index (χ1n) is 6.89. The number of Topliss-reactive ketones (excluding diaryl/α,β-unsaturated/α-hetero) is 1. The van der Waals surface area contributed by atoms with Gasteiger partial charge in [0, 0.05) is 6.42 Å². The number of carbonyl (C=O) groups excluding carboxylic acids is 2. The van der Waals surface area contributed by atoms with Crippen molar-refractivity contribution < 1.29 is 14.3 Å². The van der Waals surface area contributed by atoms with Gasteiger partial charge in [0.1, 0.15) is 11.5 Å². The van der Waals surface area contributed by atoms with Crippen LogP contribution in [0.5, 0.6) is 5.75 Å². The first-order valence-corrected chi connectivity index (χ1v) is 7.77. The molecule has 1 saturated heterocycles. The highest BCUT2D eigenvalue weighted by Crippen LogP contribution is 2.22. The van der Waals surface area contributed by atoms with Gasteiger partial charge in [-0.3, -0.25) is 9.59 Å². The fraction of sp³-hybridized carbons (Fsp3) is 0.333. The molecule has 0 bridgehead atoms. The van der Waals surface area contributed by atoms with Crippen molar-refractivity contribution in [1.82, 2.24) is 5.32 Å². The number of nitrogens with one attached hydrogen (secondary N) is 1. The summed E-state index contributed by atoms with van der Waals surface area (Å²) in [5, 5.41) is 10.5. The van der Waals surface area contributed by atoms with E-state index in [-0.39, 0.29) is 18.1 Å². The Labute approximate surface area is 133 Å². The number of nitrogens with zero attached hydrogens (tertiary/aromatic N) is 2. The highest BCUT2D eigenvalue weighted by atomic mass is 32.2. The average Bonchev–Trinajstić information content (AvgIpc) is 2.81. The van der Waals surface area contributed by atoms with Crippen LogP contribution in [0.15, 0.2) is 34.5 Å². The Hall–Kier alpha value is -2.15. The molecule has 1 unspecified atom stereocenters. The van der Waals surface area contributed by atoms with Gasteiger partial charge in [0.2, 0.25) is 5.91 Å². The van der Waals surface area contributed by atoms with Gasteiger partial charge in [0.15, 0.2) is 5.17 Å². The quantitative estimate of drug-likeness (QED) is 0.642. The Morgan fingerprint density at radius 2 is 2.14 bits per heavy atom. The average molecular weight is 319 g/mol. The summed E-state index contributed by atoms with van der Waals surface area (Å²) in [6, 6.07) is 7.45. The Morgan fingerprint density at radius 3 is 2.77 bits per heavy atom. The third-order valence-electron chi connectivity index (χ3n) is 2.80. The molecule has 1 atom stereocenters.